The van der Waals surface area contributed by atoms with Crippen LogP contribution in [0, 0.1) is 26.2 Å². The summed E-state index contributed by atoms with van der Waals surface area (Å²) in [7, 11) is 1.67. The predicted molar refractivity (Wildman–Crippen MR) is 82.2 cm³/mol. The number of aryl methyl sites for hydroxylation is 2. The van der Waals surface area contributed by atoms with Crippen LogP contribution in [0.3, 0.4) is 0 Å². The molecule has 1 amide bonds. The lowest BCUT2D eigenvalue weighted by Gasteiger charge is -2.39. The SMILES string of the molecule is COCC1(C(=O)NCCCn2nc(C)c(C)c2C)CCC1. The van der Waals surface area contributed by atoms with Crippen molar-refractivity contribution in [1.29, 1.82) is 0 Å². The Hall–Kier alpha value is -1.36. The van der Waals surface area contributed by atoms with E-state index in [1.165, 1.54) is 11.3 Å². The molecule has 1 saturated carbocycles. The van der Waals surface area contributed by atoms with Gasteiger partial charge in [-0.15, -0.1) is 0 Å². The molecular formula is C16H27N3O2. The highest BCUT2D eigenvalue weighted by atomic mass is 16.5. The third-order valence-corrected chi connectivity index (χ3v) is 4.79. The number of ether oxygens (including phenoxy) is 1. The number of aromatic nitrogens is 2. The number of methoxy groups -OCH3 is 1. The summed E-state index contributed by atoms with van der Waals surface area (Å²) < 4.78 is 7.24. The van der Waals surface area contributed by atoms with Crippen LogP contribution in [0.1, 0.15) is 42.6 Å². The predicted octanol–water partition coefficient (Wildman–Crippen LogP) is 2.13. The van der Waals surface area contributed by atoms with E-state index in [4.69, 9.17) is 4.74 Å². The number of nitrogens with zero attached hydrogens (tertiary/aromatic N) is 2. The fourth-order valence-corrected chi connectivity index (χ4v) is 2.94. The van der Waals surface area contributed by atoms with E-state index < -0.39 is 0 Å². The second-order valence-electron chi connectivity index (χ2n) is 6.20. The summed E-state index contributed by atoms with van der Waals surface area (Å²) in [6.45, 7) is 8.30. The van der Waals surface area contributed by atoms with Crippen LogP contribution in [-0.4, -0.2) is 35.9 Å². The monoisotopic (exact) mass is 293 g/mol. The summed E-state index contributed by atoms with van der Waals surface area (Å²) in [6, 6.07) is 0. The molecular weight excluding hydrogens is 266 g/mol. The molecule has 1 aromatic heterocycles. The summed E-state index contributed by atoms with van der Waals surface area (Å²) in [6.07, 6.45) is 3.92. The largest absolute Gasteiger partial charge is 0.384 e. The van der Waals surface area contributed by atoms with E-state index in [0.717, 1.165) is 37.9 Å². The van der Waals surface area contributed by atoms with Crippen molar-refractivity contribution in [2.24, 2.45) is 5.41 Å². The Balaban J connectivity index is 1.77. The molecule has 118 valence electrons. The molecule has 0 unspecified atom stereocenters. The van der Waals surface area contributed by atoms with E-state index in [-0.39, 0.29) is 11.3 Å². The van der Waals surface area contributed by atoms with E-state index in [9.17, 15) is 4.79 Å². The summed E-state index contributed by atoms with van der Waals surface area (Å²) in [5.41, 5.74) is 3.30. The van der Waals surface area contributed by atoms with Gasteiger partial charge in [0, 0.05) is 25.9 Å². The molecule has 1 aliphatic rings. The maximum absolute atomic E-state index is 12.3. The molecule has 0 radical (unpaired) electrons. The number of carbonyl (C=O) groups excluding carboxylic acids is 1. The molecule has 1 N–H and O–H groups in total. The lowest BCUT2D eigenvalue weighted by molar-refractivity contribution is -0.140. The van der Waals surface area contributed by atoms with Crippen LogP contribution in [0.5, 0.6) is 0 Å². The first-order valence-corrected chi connectivity index (χ1v) is 7.78. The standard InChI is InChI=1S/C16H27N3O2/c1-12-13(2)18-19(14(12)3)10-6-9-17-15(20)16(11-21-4)7-5-8-16/h5-11H2,1-4H3,(H,17,20). The van der Waals surface area contributed by atoms with Crippen LogP contribution in [0.15, 0.2) is 0 Å². The van der Waals surface area contributed by atoms with Crippen LogP contribution < -0.4 is 5.32 Å². The number of hydrogen-bond acceptors (Lipinski definition) is 3. The van der Waals surface area contributed by atoms with Crippen molar-refractivity contribution in [2.75, 3.05) is 20.3 Å². The second-order valence-corrected chi connectivity index (χ2v) is 6.20. The molecule has 0 spiro atoms. The van der Waals surface area contributed by atoms with Crippen molar-refractivity contribution < 1.29 is 9.53 Å². The van der Waals surface area contributed by atoms with Gasteiger partial charge in [0.25, 0.3) is 0 Å². The normalized spacial score (nSPS) is 16.6. The van der Waals surface area contributed by atoms with Gasteiger partial charge in [-0.25, -0.2) is 0 Å². The Labute approximate surface area is 127 Å². The summed E-state index contributed by atoms with van der Waals surface area (Å²) in [4.78, 5) is 12.3. The Morgan fingerprint density at radius 3 is 2.57 bits per heavy atom. The summed E-state index contributed by atoms with van der Waals surface area (Å²) in [5.74, 6) is 0.153. The van der Waals surface area contributed by atoms with Crippen LogP contribution >= 0.6 is 0 Å². The van der Waals surface area contributed by atoms with E-state index in [1.54, 1.807) is 7.11 Å². The van der Waals surface area contributed by atoms with E-state index in [1.807, 2.05) is 11.6 Å². The van der Waals surface area contributed by atoms with Crippen LogP contribution in [0.4, 0.5) is 0 Å². The van der Waals surface area contributed by atoms with Gasteiger partial charge in [-0.1, -0.05) is 6.42 Å². The molecule has 1 aromatic rings. The van der Waals surface area contributed by atoms with Crippen molar-refractivity contribution in [2.45, 2.75) is 53.0 Å². The molecule has 21 heavy (non-hydrogen) atoms. The van der Waals surface area contributed by atoms with Gasteiger partial charge in [0.1, 0.15) is 0 Å². The molecule has 0 atom stereocenters. The van der Waals surface area contributed by atoms with E-state index in [0.29, 0.717) is 13.2 Å². The zero-order valence-corrected chi connectivity index (χ0v) is 13.7. The Bertz CT molecular complexity index is 504. The van der Waals surface area contributed by atoms with E-state index >= 15 is 0 Å². The zero-order chi connectivity index (χ0) is 15.5. The Morgan fingerprint density at radius 2 is 2.10 bits per heavy atom. The topological polar surface area (TPSA) is 56.1 Å². The number of amides is 1. The maximum atomic E-state index is 12.3. The molecule has 5 heteroatoms. The van der Waals surface area contributed by atoms with Crippen molar-refractivity contribution in [3.8, 4) is 0 Å². The van der Waals surface area contributed by atoms with Crippen LogP contribution in [-0.2, 0) is 16.1 Å². The molecule has 0 aliphatic heterocycles. The van der Waals surface area contributed by atoms with Gasteiger partial charge in [-0.05, 0) is 45.6 Å². The number of carbonyl (C=O) groups is 1. The summed E-state index contributed by atoms with van der Waals surface area (Å²) in [5, 5.41) is 7.58. The smallest absolute Gasteiger partial charge is 0.228 e. The van der Waals surface area contributed by atoms with Gasteiger partial charge in [0.2, 0.25) is 5.91 Å². The minimum atomic E-state index is -0.260. The van der Waals surface area contributed by atoms with Gasteiger partial charge in [-0.2, -0.15) is 5.10 Å². The van der Waals surface area contributed by atoms with Gasteiger partial charge in [0.05, 0.1) is 17.7 Å². The third-order valence-electron chi connectivity index (χ3n) is 4.79. The van der Waals surface area contributed by atoms with Crippen molar-refractivity contribution in [1.82, 2.24) is 15.1 Å². The van der Waals surface area contributed by atoms with Crippen molar-refractivity contribution >= 4 is 5.91 Å². The molecule has 5 nitrogen and oxygen atoms in total. The number of hydrogen-bond donors (Lipinski definition) is 1. The first-order chi connectivity index (χ1) is 10.00. The maximum Gasteiger partial charge on any atom is 0.228 e. The molecule has 2 rings (SSSR count). The molecule has 1 heterocycles. The minimum absolute atomic E-state index is 0.153. The summed E-state index contributed by atoms with van der Waals surface area (Å²) >= 11 is 0. The fraction of sp³-hybridized carbons (Fsp3) is 0.750. The van der Waals surface area contributed by atoms with Gasteiger partial charge < -0.3 is 10.1 Å². The molecule has 0 saturated heterocycles. The Morgan fingerprint density at radius 1 is 1.38 bits per heavy atom. The Kier molecular flexibility index (Phi) is 5.04. The molecule has 0 aromatic carbocycles. The second kappa shape index (κ2) is 6.60. The lowest BCUT2D eigenvalue weighted by Crippen LogP contribution is -2.48. The van der Waals surface area contributed by atoms with Crippen LogP contribution in [0.2, 0.25) is 0 Å². The van der Waals surface area contributed by atoms with Crippen LogP contribution in [0.25, 0.3) is 0 Å². The highest BCUT2D eigenvalue weighted by Crippen LogP contribution is 2.41. The van der Waals surface area contributed by atoms with Gasteiger partial charge in [-0.3, -0.25) is 9.48 Å². The molecule has 1 aliphatic carbocycles. The van der Waals surface area contributed by atoms with Gasteiger partial charge >= 0.3 is 0 Å². The highest BCUT2D eigenvalue weighted by Gasteiger charge is 2.43. The lowest BCUT2D eigenvalue weighted by atomic mass is 9.68. The quantitative estimate of drug-likeness (QED) is 0.784. The number of nitrogens with one attached hydrogen (secondary N) is 1. The first kappa shape index (κ1) is 16.0. The highest BCUT2D eigenvalue weighted by molar-refractivity contribution is 5.83. The minimum Gasteiger partial charge on any atom is -0.384 e. The van der Waals surface area contributed by atoms with Gasteiger partial charge in [0.15, 0.2) is 0 Å². The fourth-order valence-electron chi connectivity index (χ4n) is 2.94. The average molecular weight is 293 g/mol. The average Bonchev–Trinajstić information content (AvgIpc) is 2.66. The van der Waals surface area contributed by atoms with E-state index in [2.05, 4.69) is 24.3 Å². The third kappa shape index (κ3) is 3.28. The molecule has 1 fully saturated rings. The molecule has 0 bridgehead atoms. The van der Waals surface area contributed by atoms with Crippen molar-refractivity contribution in [3.63, 3.8) is 0 Å². The zero-order valence-electron chi connectivity index (χ0n) is 13.7. The van der Waals surface area contributed by atoms with Crippen molar-refractivity contribution in [3.05, 3.63) is 17.0 Å². The first-order valence-electron chi connectivity index (χ1n) is 7.78. The number of rotatable bonds is 7.